The summed E-state index contributed by atoms with van der Waals surface area (Å²) in [5.41, 5.74) is 0. The van der Waals surface area contributed by atoms with Gasteiger partial charge in [0.05, 0.1) is 12.6 Å². The summed E-state index contributed by atoms with van der Waals surface area (Å²) < 4.78 is 2.02. The number of aromatic nitrogens is 4. The first-order valence-electron chi connectivity index (χ1n) is 6.22. The minimum Gasteiger partial charge on any atom is -0.313 e. The van der Waals surface area contributed by atoms with Crippen molar-refractivity contribution in [2.75, 3.05) is 7.05 Å². The van der Waals surface area contributed by atoms with Crippen LogP contribution < -0.4 is 5.32 Å². The standard InChI is InChI=1S/C11H21N5/c1-9-4-3-5-10(7-6-9)16-11(8-12-2)13-14-15-16/h9-10,12H,3-8H2,1-2H3. The van der Waals surface area contributed by atoms with Gasteiger partial charge in [0.2, 0.25) is 0 Å². The smallest absolute Gasteiger partial charge is 0.165 e. The van der Waals surface area contributed by atoms with Crippen LogP contribution in [-0.4, -0.2) is 27.3 Å². The van der Waals surface area contributed by atoms with Crippen LogP contribution in [0.25, 0.3) is 0 Å². The van der Waals surface area contributed by atoms with Crippen LogP contribution in [0.3, 0.4) is 0 Å². The molecule has 1 heterocycles. The lowest BCUT2D eigenvalue weighted by atomic mass is 10.0. The van der Waals surface area contributed by atoms with Crippen molar-refractivity contribution >= 4 is 0 Å². The molecule has 0 saturated heterocycles. The van der Waals surface area contributed by atoms with Gasteiger partial charge in [-0.3, -0.25) is 0 Å². The zero-order valence-corrected chi connectivity index (χ0v) is 10.2. The first kappa shape index (κ1) is 11.5. The van der Waals surface area contributed by atoms with Gasteiger partial charge in [-0.15, -0.1) is 5.10 Å². The molecule has 2 rings (SSSR count). The SMILES string of the molecule is CNCc1nnnn1C1CCCC(C)CC1. The number of nitrogens with zero attached hydrogens (tertiary/aromatic N) is 4. The molecule has 5 heteroatoms. The molecular weight excluding hydrogens is 202 g/mol. The largest absolute Gasteiger partial charge is 0.313 e. The van der Waals surface area contributed by atoms with E-state index in [-0.39, 0.29) is 0 Å². The molecule has 0 aromatic carbocycles. The molecule has 1 aliphatic rings. The Bertz CT molecular complexity index is 322. The number of hydrogen-bond donors (Lipinski definition) is 1. The van der Waals surface area contributed by atoms with E-state index in [1.807, 2.05) is 11.7 Å². The number of tetrazole rings is 1. The topological polar surface area (TPSA) is 55.6 Å². The van der Waals surface area contributed by atoms with E-state index in [2.05, 4.69) is 27.8 Å². The molecule has 1 aromatic heterocycles. The van der Waals surface area contributed by atoms with Crippen LogP contribution in [-0.2, 0) is 6.54 Å². The Morgan fingerprint density at radius 3 is 3.00 bits per heavy atom. The van der Waals surface area contributed by atoms with E-state index in [9.17, 15) is 0 Å². The third-order valence-electron chi connectivity index (χ3n) is 3.47. The Morgan fingerprint density at radius 1 is 1.31 bits per heavy atom. The van der Waals surface area contributed by atoms with Crippen molar-refractivity contribution in [1.82, 2.24) is 25.5 Å². The van der Waals surface area contributed by atoms with E-state index < -0.39 is 0 Å². The Labute approximate surface area is 96.6 Å². The summed E-state index contributed by atoms with van der Waals surface area (Å²) in [7, 11) is 1.92. The monoisotopic (exact) mass is 223 g/mol. The highest BCUT2D eigenvalue weighted by molar-refractivity contribution is 4.84. The van der Waals surface area contributed by atoms with Crippen LogP contribution in [0.1, 0.15) is 50.9 Å². The predicted octanol–water partition coefficient (Wildman–Crippen LogP) is 1.53. The highest BCUT2D eigenvalue weighted by Crippen LogP contribution is 2.29. The summed E-state index contributed by atoms with van der Waals surface area (Å²) in [5.74, 6) is 1.82. The van der Waals surface area contributed by atoms with Crippen LogP contribution >= 0.6 is 0 Å². The van der Waals surface area contributed by atoms with E-state index in [0.717, 1.165) is 18.3 Å². The minimum absolute atomic E-state index is 0.503. The first-order chi connectivity index (χ1) is 7.81. The Balaban J connectivity index is 2.07. The van der Waals surface area contributed by atoms with Crippen molar-refractivity contribution in [2.45, 2.75) is 51.6 Å². The Morgan fingerprint density at radius 2 is 2.19 bits per heavy atom. The third kappa shape index (κ3) is 2.58. The van der Waals surface area contributed by atoms with Crippen molar-refractivity contribution in [3.8, 4) is 0 Å². The molecule has 16 heavy (non-hydrogen) atoms. The van der Waals surface area contributed by atoms with Crippen molar-refractivity contribution in [1.29, 1.82) is 0 Å². The molecule has 1 N–H and O–H groups in total. The number of hydrogen-bond acceptors (Lipinski definition) is 4. The van der Waals surface area contributed by atoms with Gasteiger partial charge in [-0.25, -0.2) is 4.68 Å². The van der Waals surface area contributed by atoms with E-state index in [4.69, 9.17) is 0 Å². The fourth-order valence-corrected chi connectivity index (χ4v) is 2.48. The van der Waals surface area contributed by atoms with E-state index in [1.165, 1.54) is 32.1 Å². The molecule has 2 atom stereocenters. The lowest BCUT2D eigenvalue weighted by Gasteiger charge is -2.15. The summed E-state index contributed by atoms with van der Waals surface area (Å²) >= 11 is 0. The zero-order chi connectivity index (χ0) is 11.4. The van der Waals surface area contributed by atoms with Gasteiger partial charge < -0.3 is 5.32 Å². The maximum absolute atomic E-state index is 4.14. The quantitative estimate of drug-likeness (QED) is 0.790. The molecule has 2 unspecified atom stereocenters. The second kappa shape index (κ2) is 5.39. The molecule has 1 saturated carbocycles. The van der Waals surface area contributed by atoms with Gasteiger partial charge in [0, 0.05) is 0 Å². The van der Waals surface area contributed by atoms with E-state index in [0.29, 0.717) is 6.04 Å². The molecule has 0 aliphatic heterocycles. The average Bonchev–Trinajstić information content (AvgIpc) is 2.61. The van der Waals surface area contributed by atoms with Gasteiger partial charge in [0.1, 0.15) is 0 Å². The molecular formula is C11H21N5. The first-order valence-corrected chi connectivity index (χ1v) is 6.22. The molecule has 0 radical (unpaired) electrons. The molecule has 0 bridgehead atoms. The highest BCUT2D eigenvalue weighted by Gasteiger charge is 2.20. The molecule has 90 valence electrons. The molecule has 1 fully saturated rings. The van der Waals surface area contributed by atoms with Gasteiger partial charge in [-0.2, -0.15) is 0 Å². The fourth-order valence-electron chi connectivity index (χ4n) is 2.48. The molecule has 0 amide bonds. The molecule has 1 aliphatic carbocycles. The van der Waals surface area contributed by atoms with Gasteiger partial charge in [0.25, 0.3) is 0 Å². The van der Waals surface area contributed by atoms with Crippen molar-refractivity contribution in [2.24, 2.45) is 5.92 Å². The summed E-state index contributed by atoms with van der Waals surface area (Å²) in [6.45, 7) is 3.09. The van der Waals surface area contributed by atoms with Crippen LogP contribution in [0.2, 0.25) is 0 Å². The van der Waals surface area contributed by atoms with Crippen molar-refractivity contribution < 1.29 is 0 Å². The fraction of sp³-hybridized carbons (Fsp3) is 0.909. The Kier molecular flexibility index (Phi) is 3.88. The average molecular weight is 223 g/mol. The summed E-state index contributed by atoms with van der Waals surface area (Å²) in [6, 6.07) is 0.503. The number of nitrogens with one attached hydrogen (secondary N) is 1. The van der Waals surface area contributed by atoms with Gasteiger partial charge in [-0.05, 0) is 42.7 Å². The second-order valence-corrected chi connectivity index (χ2v) is 4.84. The van der Waals surface area contributed by atoms with Crippen LogP contribution in [0.4, 0.5) is 0 Å². The summed E-state index contributed by atoms with van der Waals surface area (Å²) in [4.78, 5) is 0. The maximum atomic E-state index is 4.14. The lowest BCUT2D eigenvalue weighted by molar-refractivity contribution is 0.377. The minimum atomic E-state index is 0.503. The predicted molar refractivity (Wildman–Crippen MR) is 61.9 cm³/mol. The third-order valence-corrected chi connectivity index (χ3v) is 3.47. The summed E-state index contributed by atoms with van der Waals surface area (Å²) in [6.07, 6.45) is 6.36. The second-order valence-electron chi connectivity index (χ2n) is 4.84. The lowest BCUT2D eigenvalue weighted by Crippen LogP contribution is -2.17. The van der Waals surface area contributed by atoms with Gasteiger partial charge in [0.15, 0.2) is 5.82 Å². The maximum Gasteiger partial charge on any atom is 0.165 e. The normalized spacial score (nSPS) is 26.6. The van der Waals surface area contributed by atoms with Crippen LogP contribution in [0.5, 0.6) is 0 Å². The van der Waals surface area contributed by atoms with Crippen LogP contribution in [0, 0.1) is 5.92 Å². The van der Waals surface area contributed by atoms with Crippen molar-refractivity contribution in [3.05, 3.63) is 5.82 Å². The molecule has 5 nitrogen and oxygen atoms in total. The van der Waals surface area contributed by atoms with Gasteiger partial charge >= 0.3 is 0 Å². The molecule has 0 spiro atoms. The van der Waals surface area contributed by atoms with E-state index >= 15 is 0 Å². The highest BCUT2D eigenvalue weighted by atomic mass is 15.6. The van der Waals surface area contributed by atoms with Crippen molar-refractivity contribution in [3.63, 3.8) is 0 Å². The summed E-state index contributed by atoms with van der Waals surface area (Å²) in [5, 5.41) is 15.1. The Hall–Kier alpha value is -0.970. The van der Waals surface area contributed by atoms with Crippen LogP contribution in [0.15, 0.2) is 0 Å². The molecule has 1 aromatic rings. The number of rotatable bonds is 3. The zero-order valence-electron chi connectivity index (χ0n) is 10.2. The van der Waals surface area contributed by atoms with E-state index in [1.54, 1.807) is 0 Å². The van der Waals surface area contributed by atoms with Gasteiger partial charge in [-0.1, -0.05) is 19.8 Å².